The van der Waals surface area contributed by atoms with E-state index in [1.54, 1.807) is 0 Å². The molecule has 1 aliphatic rings. The maximum Gasteiger partial charge on any atom is 0.266 e. The van der Waals surface area contributed by atoms with Crippen LogP contribution in [0.3, 0.4) is 0 Å². The van der Waals surface area contributed by atoms with Crippen LogP contribution in [0.4, 0.5) is 0 Å². The van der Waals surface area contributed by atoms with Crippen LogP contribution in [0.15, 0.2) is 52.9 Å². The van der Waals surface area contributed by atoms with Crippen LogP contribution < -0.4 is 0 Å². The molecule has 1 amide bonds. The summed E-state index contributed by atoms with van der Waals surface area (Å²) >= 11 is 1.54. The highest BCUT2D eigenvalue weighted by molar-refractivity contribution is 7.13. The number of nitrogens with zero attached hydrogens (tertiary/aromatic N) is 6. The minimum atomic E-state index is -0.143. The van der Waals surface area contributed by atoms with Crippen LogP contribution in [0.1, 0.15) is 12.0 Å². The Bertz CT molecular complexity index is 871. The molecule has 1 aromatic carbocycles. The molecule has 0 fully saturated rings. The van der Waals surface area contributed by atoms with Gasteiger partial charge in [-0.2, -0.15) is 9.90 Å². The molecule has 0 saturated heterocycles. The van der Waals surface area contributed by atoms with Gasteiger partial charge in [-0.15, -0.1) is 21.5 Å². The molecule has 3 heterocycles. The molecule has 0 unspecified atom stereocenters. The lowest BCUT2D eigenvalue weighted by molar-refractivity contribution is -0.131. The molecule has 3 aromatic rings. The molecular weight excluding hydrogens is 324 g/mol. The third kappa shape index (κ3) is 2.95. The Morgan fingerprint density at radius 2 is 2.04 bits per heavy atom. The van der Waals surface area contributed by atoms with Crippen LogP contribution in [0.25, 0.3) is 10.7 Å². The van der Waals surface area contributed by atoms with E-state index in [0.717, 1.165) is 22.6 Å². The van der Waals surface area contributed by atoms with Gasteiger partial charge < -0.3 is 0 Å². The highest BCUT2D eigenvalue weighted by Gasteiger charge is 2.22. The average molecular weight is 338 g/mol. The molecule has 4 rings (SSSR count). The van der Waals surface area contributed by atoms with Crippen molar-refractivity contribution in [3.63, 3.8) is 0 Å². The van der Waals surface area contributed by atoms with Gasteiger partial charge in [0.2, 0.25) is 5.82 Å². The molecule has 0 spiro atoms. The molecule has 8 heteroatoms. The van der Waals surface area contributed by atoms with E-state index in [2.05, 4.69) is 20.5 Å². The number of amides is 1. The molecule has 24 heavy (non-hydrogen) atoms. The van der Waals surface area contributed by atoms with E-state index >= 15 is 0 Å². The maximum absolute atomic E-state index is 12.4. The van der Waals surface area contributed by atoms with Crippen molar-refractivity contribution >= 4 is 23.0 Å². The molecule has 2 aromatic heterocycles. The quantitative estimate of drug-likeness (QED) is 0.729. The van der Waals surface area contributed by atoms with Crippen molar-refractivity contribution in [2.24, 2.45) is 5.10 Å². The van der Waals surface area contributed by atoms with E-state index in [1.165, 1.54) is 21.1 Å². The molecular formula is C16H14N6OS. The average Bonchev–Trinajstić information content (AvgIpc) is 3.36. The second-order valence-corrected chi connectivity index (χ2v) is 6.25. The Morgan fingerprint density at radius 1 is 1.17 bits per heavy atom. The van der Waals surface area contributed by atoms with Gasteiger partial charge in [0.25, 0.3) is 5.91 Å². The number of thiophene rings is 1. The number of hydrogen-bond acceptors (Lipinski definition) is 6. The summed E-state index contributed by atoms with van der Waals surface area (Å²) in [5.74, 6) is 0.392. The molecule has 0 bridgehead atoms. The summed E-state index contributed by atoms with van der Waals surface area (Å²) in [5.41, 5.74) is 1.97. The van der Waals surface area contributed by atoms with Crippen LogP contribution in [-0.4, -0.2) is 43.4 Å². The fourth-order valence-electron chi connectivity index (χ4n) is 2.49. The van der Waals surface area contributed by atoms with Gasteiger partial charge in [-0.25, -0.2) is 5.01 Å². The second kappa shape index (κ2) is 6.32. The van der Waals surface area contributed by atoms with Gasteiger partial charge in [0.05, 0.1) is 17.1 Å². The topological polar surface area (TPSA) is 76.3 Å². The third-order valence-electron chi connectivity index (χ3n) is 3.67. The van der Waals surface area contributed by atoms with Crippen molar-refractivity contribution in [1.82, 2.24) is 25.2 Å². The summed E-state index contributed by atoms with van der Waals surface area (Å²) < 4.78 is 0. The number of rotatable bonds is 4. The Labute approximate surface area is 142 Å². The van der Waals surface area contributed by atoms with E-state index in [-0.39, 0.29) is 12.5 Å². The summed E-state index contributed by atoms with van der Waals surface area (Å²) in [6.45, 7) is 0.611. The number of carbonyl (C=O) groups is 1. The second-order valence-electron chi connectivity index (χ2n) is 5.30. The van der Waals surface area contributed by atoms with E-state index in [9.17, 15) is 4.79 Å². The Morgan fingerprint density at radius 3 is 2.83 bits per heavy atom. The van der Waals surface area contributed by atoms with Crippen molar-refractivity contribution in [1.29, 1.82) is 0 Å². The molecule has 120 valence electrons. The van der Waals surface area contributed by atoms with Crippen LogP contribution in [-0.2, 0) is 11.3 Å². The van der Waals surface area contributed by atoms with E-state index < -0.39 is 0 Å². The first-order valence-electron chi connectivity index (χ1n) is 7.54. The number of benzene rings is 1. The first-order valence-corrected chi connectivity index (χ1v) is 8.42. The minimum Gasteiger partial charge on any atom is -0.271 e. The standard InChI is InChI=1S/C16H14N6OS/c23-15(11-22-19-16(17-20-22)14-7-4-10-24-14)21-9-8-13(18-21)12-5-2-1-3-6-12/h1-7,10H,8-9,11H2. The molecule has 7 nitrogen and oxygen atoms in total. The molecule has 0 aliphatic carbocycles. The van der Waals surface area contributed by atoms with Crippen molar-refractivity contribution in [2.45, 2.75) is 13.0 Å². The lowest BCUT2D eigenvalue weighted by atomic mass is 10.1. The number of hydrogen-bond donors (Lipinski definition) is 0. The first-order chi connectivity index (χ1) is 11.8. The third-order valence-corrected chi connectivity index (χ3v) is 4.53. The van der Waals surface area contributed by atoms with Crippen molar-refractivity contribution < 1.29 is 4.79 Å². The van der Waals surface area contributed by atoms with Gasteiger partial charge in [-0.3, -0.25) is 4.79 Å². The van der Waals surface area contributed by atoms with Gasteiger partial charge in [0, 0.05) is 6.42 Å². The molecule has 0 atom stereocenters. The summed E-state index contributed by atoms with van der Waals surface area (Å²) in [6.07, 6.45) is 0.751. The normalized spacial score (nSPS) is 14.0. The SMILES string of the molecule is O=C(Cn1nnc(-c2cccs2)n1)N1CCC(c2ccccc2)=N1. The summed E-state index contributed by atoms with van der Waals surface area (Å²) in [5, 5.41) is 20.0. The lowest BCUT2D eigenvalue weighted by Gasteiger charge is -2.09. The largest absolute Gasteiger partial charge is 0.271 e. The molecule has 0 radical (unpaired) electrons. The summed E-state index contributed by atoms with van der Waals surface area (Å²) in [4.78, 5) is 14.6. The van der Waals surface area contributed by atoms with Crippen molar-refractivity contribution in [2.75, 3.05) is 6.54 Å². The molecule has 0 saturated carbocycles. The number of hydrazone groups is 1. The zero-order valence-electron chi connectivity index (χ0n) is 12.7. The van der Waals surface area contributed by atoms with E-state index in [0.29, 0.717) is 12.4 Å². The first kappa shape index (κ1) is 14.7. The van der Waals surface area contributed by atoms with Crippen LogP contribution in [0.2, 0.25) is 0 Å². The Balaban J connectivity index is 1.45. The number of aromatic nitrogens is 4. The van der Waals surface area contributed by atoms with Gasteiger partial charge >= 0.3 is 0 Å². The lowest BCUT2D eigenvalue weighted by Crippen LogP contribution is -2.28. The van der Waals surface area contributed by atoms with Crippen molar-refractivity contribution in [3.05, 3.63) is 53.4 Å². The van der Waals surface area contributed by atoms with Gasteiger partial charge in [-0.05, 0) is 22.2 Å². The highest BCUT2D eigenvalue weighted by Crippen LogP contribution is 2.19. The predicted molar refractivity (Wildman–Crippen MR) is 90.4 cm³/mol. The predicted octanol–water partition coefficient (Wildman–Crippen LogP) is 2.04. The van der Waals surface area contributed by atoms with Gasteiger partial charge in [0.1, 0.15) is 6.54 Å². The zero-order chi connectivity index (χ0) is 16.4. The Kier molecular flexibility index (Phi) is 3.87. The smallest absolute Gasteiger partial charge is 0.266 e. The zero-order valence-corrected chi connectivity index (χ0v) is 13.6. The fourth-order valence-corrected chi connectivity index (χ4v) is 3.14. The molecule has 0 N–H and O–H groups in total. The number of carbonyl (C=O) groups excluding carboxylic acids is 1. The van der Waals surface area contributed by atoms with E-state index in [4.69, 9.17) is 0 Å². The van der Waals surface area contributed by atoms with Crippen LogP contribution in [0.5, 0.6) is 0 Å². The van der Waals surface area contributed by atoms with E-state index in [1.807, 2.05) is 47.8 Å². The van der Waals surface area contributed by atoms with Gasteiger partial charge in [-0.1, -0.05) is 36.4 Å². The monoisotopic (exact) mass is 338 g/mol. The highest BCUT2D eigenvalue weighted by atomic mass is 32.1. The summed E-state index contributed by atoms with van der Waals surface area (Å²) in [6, 6.07) is 13.7. The van der Waals surface area contributed by atoms with Crippen LogP contribution >= 0.6 is 11.3 Å². The van der Waals surface area contributed by atoms with Crippen molar-refractivity contribution in [3.8, 4) is 10.7 Å². The van der Waals surface area contributed by atoms with Crippen LogP contribution in [0, 0.1) is 0 Å². The van der Waals surface area contributed by atoms with Gasteiger partial charge in [0.15, 0.2) is 0 Å². The summed E-state index contributed by atoms with van der Waals surface area (Å²) in [7, 11) is 0. The Hall–Kier alpha value is -2.87. The molecule has 1 aliphatic heterocycles. The number of tetrazole rings is 1. The minimum absolute atomic E-state index is 0.0317. The fraction of sp³-hybridized carbons (Fsp3) is 0.188. The maximum atomic E-state index is 12.4.